The zero-order chi connectivity index (χ0) is 18.2. The van der Waals surface area contributed by atoms with Gasteiger partial charge < -0.3 is 15.9 Å². The minimum Gasteiger partial charge on any atom is -0.382 e. The molecule has 0 unspecified atom stereocenters. The fourth-order valence-electron chi connectivity index (χ4n) is 2.62. The third-order valence-corrected chi connectivity index (χ3v) is 5.45. The van der Waals surface area contributed by atoms with Crippen molar-refractivity contribution in [1.29, 1.82) is 0 Å². The van der Waals surface area contributed by atoms with Crippen LogP contribution in [0.1, 0.15) is 56.1 Å². The van der Waals surface area contributed by atoms with E-state index in [1.165, 1.54) is 11.3 Å². The van der Waals surface area contributed by atoms with Crippen LogP contribution < -0.4 is 11.1 Å². The van der Waals surface area contributed by atoms with Crippen LogP contribution in [-0.4, -0.2) is 40.9 Å². The number of nitrogen functional groups attached to an aromatic ring is 1. The van der Waals surface area contributed by atoms with E-state index in [0.717, 1.165) is 25.7 Å². The molecule has 1 aromatic heterocycles. The number of nitrogens with zero attached hydrogens (tertiary/aromatic N) is 2. The van der Waals surface area contributed by atoms with Gasteiger partial charge in [0, 0.05) is 25.0 Å². The minimum absolute atomic E-state index is 0.131. The van der Waals surface area contributed by atoms with Gasteiger partial charge in [0.05, 0.1) is 5.41 Å². The first-order chi connectivity index (χ1) is 11.7. The van der Waals surface area contributed by atoms with Gasteiger partial charge in [-0.25, -0.2) is 9.78 Å². The summed E-state index contributed by atoms with van der Waals surface area (Å²) in [4.78, 5) is 34.4. The number of hydroxylamine groups is 2. The van der Waals surface area contributed by atoms with E-state index in [1.54, 1.807) is 5.06 Å². The number of nitrogens with two attached hydrogens (primary N) is 1. The second-order valence-electron chi connectivity index (χ2n) is 7.85. The predicted molar refractivity (Wildman–Crippen MR) is 97.3 cm³/mol. The highest BCUT2D eigenvalue weighted by Crippen LogP contribution is 2.37. The maximum absolute atomic E-state index is 12.2. The zero-order valence-corrected chi connectivity index (χ0v) is 15.8. The molecule has 2 fully saturated rings. The maximum atomic E-state index is 12.2. The summed E-state index contributed by atoms with van der Waals surface area (Å²) in [6, 6.07) is 0.235. The lowest BCUT2D eigenvalue weighted by Crippen LogP contribution is -2.42. The lowest BCUT2D eigenvalue weighted by molar-refractivity contribution is -0.204. The zero-order valence-electron chi connectivity index (χ0n) is 15.0. The van der Waals surface area contributed by atoms with Gasteiger partial charge in [-0.2, -0.15) is 0 Å². The number of thiazole rings is 1. The number of nitrogens with one attached hydrogen (secondary N) is 1. The maximum Gasteiger partial charge on any atom is 0.330 e. The van der Waals surface area contributed by atoms with E-state index in [9.17, 15) is 9.59 Å². The van der Waals surface area contributed by atoms with Crippen LogP contribution in [0.3, 0.4) is 0 Å². The molecule has 25 heavy (non-hydrogen) atoms. The molecule has 138 valence electrons. The number of carbonyl (C=O) groups excluding carboxylic acids is 2. The molecule has 1 saturated carbocycles. The van der Waals surface area contributed by atoms with Crippen molar-refractivity contribution in [3.05, 3.63) is 4.88 Å². The van der Waals surface area contributed by atoms with Crippen molar-refractivity contribution in [3.63, 3.8) is 0 Å². The van der Waals surface area contributed by atoms with Gasteiger partial charge in [0.1, 0.15) is 10.7 Å². The van der Waals surface area contributed by atoms with Crippen molar-refractivity contribution >= 4 is 34.0 Å². The SMILES string of the molecule is CC(C)(C)C(=O)ON1CCC(Nc2nc(N)c(C(=O)C3CC3)s2)CC1. The van der Waals surface area contributed by atoms with Crippen LogP contribution in [0.4, 0.5) is 10.9 Å². The summed E-state index contributed by atoms with van der Waals surface area (Å²) in [7, 11) is 0. The highest BCUT2D eigenvalue weighted by molar-refractivity contribution is 7.18. The Balaban J connectivity index is 1.50. The second-order valence-corrected chi connectivity index (χ2v) is 8.85. The largest absolute Gasteiger partial charge is 0.382 e. The fourth-order valence-corrected chi connectivity index (χ4v) is 3.60. The van der Waals surface area contributed by atoms with Gasteiger partial charge in [0.2, 0.25) is 0 Å². The number of hydrogen-bond acceptors (Lipinski definition) is 8. The van der Waals surface area contributed by atoms with E-state index in [1.807, 2.05) is 20.8 Å². The van der Waals surface area contributed by atoms with Gasteiger partial charge >= 0.3 is 5.97 Å². The third-order valence-electron chi connectivity index (χ3n) is 4.43. The molecule has 1 aliphatic heterocycles. The molecule has 1 aliphatic carbocycles. The van der Waals surface area contributed by atoms with E-state index < -0.39 is 5.41 Å². The second kappa shape index (κ2) is 6.92. The van der Waals surface area contributed by atoms with E-state index in [-0.39, 0.29) is 23.7 Å². The molecule has 0 spiro atoms. The van der Waals surface area contributed by atoms with Crippen molar-refractivity contribution in [2.24, 2.45) is 11.3 Å². The molecule has 1 saturated heterocycles. The lowest BCUT2D eigenvalue weighted by atomic mass is 9.98. The Morgan fingerprint density at radius 3 is 2.44 bits per heavy atom. The van der Waals surface area contributed by atoms with Crippen molar-refractivity contribution < 1.29 is 14.4 Å². The topological polar surface area (TPSA) is 97.6 Å². The number of aromatic nitrogens is 1. The molecule has 0 atom stereocenters. The average molecular weight is 366 g/mol. The molecule has 0 amide bonds. The summed E-state index contributed by atoms with van der Waals surface area (Å²) >= 11 is 1.35. The first-order valence-corrected chi connectivity index (χ1v) is 9.60. The number of carbonyl (C=O) groups is 2. The molecule has 3 rings (SSSR count). The molecular formula is C17H26N4O3S. The van der Waals surface area contributed by atoms with E-state index in [2.05, 4.69) is 10.3 Å². The Labute approximate surface area is 151 Å². The molecule has 1 aromatic rings. The van der Waals surface area contributed by atoms with E-state index in [0.29, 0.717) is 28.9 Å². The molecule has 0 bridgehead atoms. The predicted octanol–water partition coefficient (Wildman–Crippen LogP) is 2.70. The smallest absolute Gasteiger partial charge is 0.330 e. The number of rotatable bonds is 5. The van der Waals surface area contributed by atoms with Gasteiger partial charge in [-0.3, -0.25) is 4.79 Å². The number of piperidine rings is 1. The van der Waals surface area contributed by atoms with Crippen LogP contribution in [0.25, 0.3) is 0 Å². The molecule has 7 nitrogen and oxygen atoms in total. The van der Waals surface area contributed by atoms with Crippen LogP contribution in [0.15, 0.2) is 0 Å². The first-order valence-electron chi connectivity index (χ1n) is 8.78. The minimum atomic E-state index is -0.502. The Hall–Kier alpha value is -1.67. The number of Topliss-reactive ketones (excluding diaryl/α,β-unsaturated/α-hetero) is 1. The molecule has 8 heteroatoms. The van der Waals surface area contributed by atoms with E-state index >= 15 is 0 Å². The quantitative estimate of drug-likeness (QED) is 0.773. The summed E-state index contributed by atoms with van der Waals surface area (Å²) in [5.41, 5.74) is 5.40. The van der Waals surface area contributed by atoms with Crippen molar-refractivity contribution in [1.82, 2.24) is 10.0 Å². The number of hydrogen-bond donors (Lipinski definition) is 2. The highest BCUT2D eigenvalue weighted by atomic mass is 32.1. The van der Waals surface area contributed by atoms with Crippen molar-refractivity contribution in [2.75, 3.05) is 24.1 Å². The molecule has 0 aromatic carbocycles. The summed E-state index contributed by atoms with van der Waals surface area (Å²) in [5, 5.41) is 5.80. The Bertz CT molecular complexity index is 655. The third kappa shape index (κ3) is 4.49. The van der Waals surface area contributed by atoms with Crippen LogP contribution in [-0.2, 0) is 9.63 Å². The summed E-state index contributed by atoms with van der Waals surface area (Å²) in [6.45, 7) is 6.88. The van der Waals surface area contributed by atoms with Crippen LogP contribution in [0.2, 0.25) is 0 Å². The van der Waals surface area contributed by atoms with Gasteiger partial charge in [0.25, 0.3) is 0 Å². The van der Waals surface area contributed by atoms with E-state index in [4.69, 9.17) is 10.6 Å². The Morgan fingerprint density at radius 1 is 1.24 bits per heavy atom. The number of anilines is 2. The monoisotopic (exact) mass is 366 g/mol. The summed E-state index contributed by atoms with van der Waals surface area (Å²) in [5.74, 6) is 0.402. The number of ketones is 1. The molecule has 3 N–H and O–H groups in total. The standard InChI is InChI=1S/C17H26N4O3S/c1-17(2,3)15(23)24-21-8-6-11(7-9-21)19-16-20-14(18)13(25-16)12(22)10-4-5-10/h10-11H,4-9,18H2,1-3H3,(H,19,20). The molecule has 0 radical (unpaired) electrons. The Morgan fingerprint density at radius 2 is 1.88 bits per heavy atom. The van der Waals surface area contributed by atoms with Crippen molar-refractivity contribution in [2.45, 2.75) is 52.5 Å². The van der Waals surface area contributed by atoms with Gasteiger partial charge in [-0.1, -0.05) is 11.3 Å². The summed E-state index contributed by atoms with van der Waals surface area (Å²) < 4.78 is 0. The van der Waals surface area contributed by atoms with Gasteiger partial charge in [-0.15, -0.1) is 5.06 Å². The van der Waals surface area contributed by atoms with Crippen LogP contribution in [0.5, 0.6) is 0 Å². The molecule has 2 heterocycles. The molecular weight excluding hydrogens is 340 g/mol. The first kappa shape index (κ1) is 18.1. The Kier molecular flexibility index (Phi) is 5.02. The summed E-state index contributed by atoms with van der Waals surface area (Å²) in [6.07, 6.45) is 3.60. The normalized spacial score (nSPS) is 19.6. The molecule has 2 aliphatic rings. The highest BCUT2D eigenvalue weighted by Gasteiger charge is 2.34. The van der Waals surface area contributed by atoms with Gasteiger partial charge in [-0.05, 0) is 46.5 Å². The fraction of sp³-hybridized carbons (Fsp3) is 0.706. The van der Waals surface area contributed by atoms with Crippen LogP contribution in [0, 0.1) is 11.3 Å². The van der Waals surface area contributed by atoms with Crippen LogP contribution >= 0.6 is 11.3 Å². The van der Waals surface area contributed by atoms with Gasteiger partial charge in [0.15, 0.2) is 10.9 Å². The average Bonchev–Trinajstić information content (AvgIpc) is 3.32. The lowest BCUT2D eigenvalue weighted by Gasteiger charge is -2.32. The van der Waals surface area contributed by atoms with Crippen molar-refractivity contribution in [3.8, 4) is 0 Å².